The fraction of sp³-hybridized carbons (Fsp3) is 0.150. The number of aromatic nitrogens is 2. The monoisotopic (exact) mass is 399 g/mol. The van der Waals surface area contributed by atoms with Crippen molar-refractivity contribution in [2.75, 3.05) is 11.9 Å². The fourth-order valence-corrected chi connectivity index (χ4v) is 2.82. The van der Waals surface area contributed by atoms with E-state index >= 15 is 0 Å². The van der Waals surface area contributed by atoms with E-state index in [4.69, 9.17) is 21.1 Å². The van der Waals surface area contributed by atoms with E-state index in [9.17, 15) is 9.59 Å². The molecule has 0 aliphatic rings. The van der Waals surface area contributed by atoms with Gasteiger partial charge in [-0.3, -0.25) is 15.2 Å². The van der Waals surface area contributed by atoms with Gasteiger partial charge in [0.05, 0.1) is 28.7 Å². The van der Waals surface area contributed by atoms with Crippen LogP contribution in [0, 0.1) is 0 Å². The molecule has 0 fully saturated rings. The molecule has 1 heterocycles. The van der Waals surface area contributed by atoms with Crippen LogP contribution in [0.1, 0.15) is 12.6 Å². The van der Waals surface area contributed by atoms with Crippen molar-refractivity contribution in [3.05, 3.63) is 65.3 Å². The Balaban J connectivity index is 1.76. The van der Waals surface area contributed by atoms with Crippen molar-refractivity contribution in [1.82, 2.24) is 10.2 Å². The Bertz CT molecular complexity index is 973. The molecule has 28 heavy (non-hydrogen) atoms. The smallest absolute Gasteiger partial charge is 0.417 e. The highest BCUT2D eigenvalue weighted by Crippen LogP contribution is 2.33. The van der Waals surface area contributed by atoms with E-state index in [2.05, 4.69) is 15.5 Å². The maximum Gasteiger partial charge on any atom is 0.417 e. The quantitative estimate of drug-likeness (QED) is 0.597. The second-order valence-electron chi connectivity index (χ2n) is 5.82. The van der Waals surface area contributed by atoms with Gasteiger partial charge in [-0.15, -0.1) is 0 Å². The number of para-hydroxylation sites is 2. The van der Waals surface area contributed by atoms with E-state index in [-0.39, 0.29) is 12.6 Å². The number of amides is 1. The maximum absolute atomic E-state index is 12.2. The summed E-state index contributed by atoms with van der Waals surface area (Å²) in [5, 5.41) is 10.2. The largest absolute Gasteiger partial charge is 0.465 e. The number of benzene rings is 2. The van der Waals surface area contributed by atoms with Gasteiger partial charge < -0.3 is 9.47 Å². The van der Waals surface area contributed by atoms with Gasteiger partial charge in [-0.2, -0.15) is 5.10 Å². The zero-order chi connectivity index (χ0) is 19.9. The zero-order valence-corrected chi connectivity index (χ0v) is 15.8. The molecular weight excluding hydrogens is 382 g/mol. The third kappa shape index (κ3) is 4.89. The Labute approximate surface area is 166 Å². The minimum atomic E-state index is -0.621. The molecule has 0 spiro atoms. The lowest BCUT2D eigenvalue weighted by Crippen LogP contribution is -2.17. The molecule has 0 bridgehead atoms. The number of halogens is 1. The molecule has 8 heteroatoms. The number of carbonyl (C=O) groups excluding carboxylic acids is 2. The first-order valence-corrected chi connectivity index (χ1v) is 8.92. The number of hydrogen-bond acceptors (Lipinski definition) is 5. The Kier molecular flexibility index (Phi) is 6.29. The fourth-order valence-electron chi connectivity index (χ4n) is 2.54. The summed E-state index contributed by atoms with van der Waals surface area (Å²) in [6.45, 7) is 1.52. The van der Waals surface area contributed by atoms with Crippen LogP contribution in [0.2, 0.25) is 5.02 Å². The number of hydrogen-bond donors (Lipinski definition) is 2. The predicted molar refractivity (Wildman–Crippen MR) is 105 cm³/mol. The number of rotatable bonds is 6. The highest BCUT2D eigenvalue weighted by Gasteiger charge is 2.17. The van der Waals surface area contributed by atoms with Crippen LogP contribution in [-0.2, 0) is 16.0 Å². The van der Waals surface area contributed by atoms with E-state index in [1.54, 1.807) is 42.5 Å². The summed E-state index contributed by atoms with van der Waals surface area (Å²) in [5.41, 5.74) is 2.29. The number of nitrogens with zero attached hydrogens (tertiary/aromatic N) is 1. The normalized spacial score (nSPS) is 10.4. The molecular formula is C20H18ClN3O4. The first-order chi connectivity index (χ1) is 13.5. The molecule has 0 atom stereocenters. The summed E-state index contributed by atoms with van der Waals surface area (Å²) in [4.78, 5) is 23.1. The summed E-state index contributed by atoms with van der Waals surface area (Å²) >= 11 is 6.43. The van der Waals surface area contributed by atoms with Crippen molar-refractivity contribution < 1.29 is 19.1 Å². The van der Waals surface area contributed by atoms with Gasteiger partial charge in [0.25, 0.3) is 0 Å². The van der Waals surface area contributed by atoms with Crippen molar-refractivity contribution in [1.29, 1.82) is 0 Å². The van der Waals surface area contributed by atoms with Gasteiger partial charge in [0.15, 0.2) is 0 Å². The SMILES string of the molecule is CC(=O)OCCc1n[nH]c(-c2ccccc2NC(=O)Oc2ccccc2)c1Cl. The first-order valence-electron chi connectivity index (χ1n) is 8.54. The van der Waals surface area contributed by atoms with Crippen molar-refractivity contribution in [3.63, 3.8) is 0 Å². The van der Waals surface area contributed by atoms with E-state index in [0.29, 0.717) is 39.8 Å². The summed E-state index contributed by atoms with van der Waals surface area (Å²) in [7, 11) is 0. The van der Waals surface area contributed by atoms with Crippen LogP contribution >= 0.6 is 11.6 Å². The van der Waals surface area contributed by atoms with Gasteiger partial charge >= 0.3 is 12.1 Å². The molecule has 0 radical (unpaired) electrons. The predicted octanol–water partition coefficient (Wildman–Crippen LogP) is 4.45. The minimum Gasteiger partial charge on any atom is -0.465 e. The summed E-state index contributed by atoms with van der Waals surface area (Å²) in [6, 6.07) is 15.9. The molecule has 0 aliphatic carbocycles. The number of anilines is 1. The topological polar surface area (TPSA) is 93.3 Å². The van der Waals surface area contributed by atoms with Crippen LogP contribution < -0.4 is 10.1 Å². The number of ether oxygens (including phenoxy) is 2. The number of aromatic amines is 1. The van der Waals surface area contributed by atoms with Crippen molar-refractivity contribution in [2.24, 2.45) is 0 Å². The van der Waals surface area contributed by atoms with E-state index in [1.165, 1.54) is 6.92 Å². The molecule has 0 saturated heterocycles. The van der Waals surface area contributed by atoms with Crippen molar-refractivity contribution in [3.8, 4) is 17.0 Å². The van der Waals surface area contributed by atoms with Gasteiger partial charge in [-0.05, 0) is 18.2 Å². The standard InChI is InChI=1S/C20H18ClN3O4/c1-13(25)27-12-11-17-18(21)19(24-23-17)15-9-5-6-10-16(15)22-20(26)28-14-7-3-2-4-8-14/h2-10H,11-12H2,1H3,(H,22,26)(H,23,24). The molecule has 0 aliphatic heterocycles. The highest BCUT2D eigenvalue weighted by molar-refractivity contribution is 6.34. The second-order valence-corrected chi connectivity index (χ2v) is 6.20. The number of esters is 1. The maximum atomic E-state index is 12.2. The van der Waals surface area contributed by atoms with E-state index in [0.717, 1.165) is 0 Å². The van der Waals surface area contributed by atoms with Gasteiger partial charge in [-0.25, -0.2) is 4.79 Å². The summed E-state index contributed by atoms with van der Waals surface area (Å²) < 4.78 is 10.2. The Morgan fingerprint density at radius 2 is 1.82 bits per heavy atom. The first kappa shape index (κ1) is 19.4. The molecule has 7 nitrogen and oxygen atoms in total. The number of H-pyrrole nitrogens is 1. The van der Waals surface area contributed by atoms with E-state index < -0.39 is 6.09 Å². The zero-order valence-electron chi connectivity index (χ0n) is 15.1. The van der Waals surface area contributed by atoms with Crippen molar-refractivity contribution >= 4 is 29.4 Å². The molecule has 3 rings (SSSR count). The third-order valence-corrected chi connectivity index (χ3v) is 4.21. The molecule has 0 unspecified atom stereocenters. The Morgan fingerprint density at radius 1 is 1.11 bits per heavy atom. The lowest BCUT2D eigenvalue weighted by atomic mass is 10.1. The molecule has 3 aromatic rings. The molecule has 0 saturated carbocycles. The van der Waals surface area contributed by atoms with Crippen LogP contribution in [0.5, 0.6) is 5.75 Å². The molecule has 2 N–H and O–H groups in total. The Hall–Kier alpha value is -3.32. The number of carbonyl (C=O) groups is 2. The lowest BCUT2D eigenvalue weighted by molar-refractivity contribution is -0.140. The van der Waals surface area contributed by atoms with Crippen LogP contribution in [0.4, 0.5) is 10.5 Å². The van der Waals surface area contributed by atoms with Crippen LogP contribution in [0.15, 0.2) is 54.6 Å². The van der Waals surface area contributed by atoms with Crippen molar-refractivity contribution in [2.45, 2.75) is 13.3 Å². The molecule has 2 aromatic carbocycles. The average molecular weight is 400 g/mol. The minimum absolute atomic E-state index is 0.183. The van der Waals surface area contributed by atoms with Crippen LogP contribution in [-0.4, -0.2) is 28.9 Å². The highest BCUT2D eigenvalue weighted by atomic mass is 35.5. The number of nitrogens with one attached hydrogen (secondary N) is 2. The van der Waals surface area contributed by atoms with Gasteiger partial charge in [-0.1, -0.05) is 48.0 Å². The molecule has 1 amide bonds. The average Bonchev–Trinajstić information content (AvgIpc) is 3.03. The third-order valence-electron chi connectivity index (χ3n) is 3.81. The lowest BCUT2D eigenvalue weighted by Gasteiger charge is -2.10. The molecule has 144 valence electrons. The van der Waals surface area contributed by atoms with Crippen LogP contribution in [0.3, 0.4) is 0 Å². The summed E-state index contributed by atoms with van der Waals surface area (Å²) in [5.74, 6) is 0.0724. The van der Waals surface area contributed by atoms with E-state index in [1.807, 2.05) is 12.1 Å². The Morgan fingerprint density at radius 3 is 2.57 bits per heavy atom. The molecule has 1 aromatic heterocycles. The summed E-state index contributed by atoms with van der Waals surface area (Å²) in [6.07, 6.45) is -0.245. The van der Waals surface area contributed by atoms with Crippen LogP contribution in [0.25, 0.3) is 11.3 Å². The second kappa shape index (κ2) is 9.05. The van der Waals surface area contributed by atoms with Gasteiger partial charge in [0, 0.05) is 18.9 Å². The van der Waals surface area contributed by atoms with Gasteiger partial charge in [0.1, 0.15) is 5.75 Å². The van der Waals surface area contributed by atoms with Gasteiger partial charge in [0.2, 0.25) is 0 Å².